The molecule has 2 aromatic rings. The molecule has 1 aliphatic heterocycles. The SMILES string of the molecule is CCCCCC1(C)CCCNC1.CCc1cccc(-c2ccc(C#N)c(F)c2)c1Cl. The summed E-state index contributed by atoms with van der Waals surface area (Å²) in [6, 6.07) is 12.0. The third-order valence-corrected chi connectivity index (χ3v) is 6.38. The number of hydrogen-bond acceptors (Lipinski definition) is 2. The van der Waals surface area contributed by atoms with E-state index in [1.807, 2.05) is 25.1 Å². The lowest BCUT2D eigenvalue weighted by molar-refractivity contribution is 0.212. The van der Waals surface area contributed by atoms with Crippen molar-refractivity contribution in [2.24, 2.45) is 5.41 Å². The number of hydrogen-bond donors (Lipinski definition) is 1. The van der Waals surface area contributed by atoms with Crippen molar-refractivity contribution < 1.29 is 4.39 Å². The van der Waals surface area contributed by atoms with Crippen LogP contribution in [-0.4, -0.2) is 13.1 Å². The first kappa shape index (κ1) is 24.4. The molecule has 2 aromatic carbocycles. The summed E-state index contributed by atoms with van der Waals surface area (Å²) in [6.45, 7) is 9.22. The minimum atomic E-state index is -0.520. The maximum Gasteiger partial charge on any atom is 0.141 e. The van der Waals surface area contributed by atoms with Crippen LogP contribution in [0.4, 0.5) is 4.39 Å². The van der Waals surface area contributed by atoms with Crippen molar-refractivity contribution in [1.82, 2.24) is 5.32 Å². The van der Waals surface area contributed by atoms with Gasteiger partial charge in [0.25, 0.3) is 0 Å². The van der Waals surface area contributed by atoms with Crippen LogP contribution in [0.15, 0.2) is 36.4 Å². The molecule has 1 fully saturated rings. The predicted octanol–water partition coefficient (Wildman–Crippen LogP) is 7.54. The summed E-state index contributed by atoms with van der Waals surface area (Å²) in [4.78, 5) is 0. The van der Waals surface area contributed by atoms with Crippen LogP contribution in [0.1, 0.15) is 70.4 Å². The molecule has 2 nitrogen and oxygen atoms in total. The van der Waals surface area contributed by atoms with Gasteiger partial charge in [-0.1, -0.05) is 75.9 Å². The topological polar surface area (TPSA) is 35.8 Å². The van der Waals surface area contributed by atoms with Gasteiger partial charge in [-0.3, -0.25) is 0 Å². The Morgan fingerprint density at radius 3 is 2.60 bits per heavy atom. The van der Waals surface area contributed by atoms with E-state index in [1.165, 1.54) is 63.7 Å². The van der Waals surface area contributed by atoms with Gasteiger partial charge in [0.1, 0.15) is 11.9 Å². The van der Waals surface area contributed by atoms with Gasteiger partial charge in [-0.25, -0.2) is 4.39 Å². The van der Waals surface area contributed by atoms with Crippen molar-refractivity contribution in [3.05, 3.63) is 58.4 Å². The number of piperidine rings is 1. The highest BCUT2D eigenvalue weighted by Crippen LogP contribution is 2.32. The lowest BCUT2D eigenvalue weighted by Gasteiger charge is -2.34. The zero-order valence-corrected chi connectivity index (χ0v) is 19.3. The van der Waals surface area contributed by atoms with E-state index >= 15 is 0 Å². The molecule has 0 radical (unpaired) electrons. The van der Waals surface area contributed by atoms with Gasteiger partial charge in [0.15, 0.2) is 0 Å². The average Bonchev–Trinajstić information content (AvgIpc) is 2.75. The fraction of sp³-hybridized carbons (Fsp3) is 0.500. The van der Waals surface area contributed by atoms with Crippen LogP contribution in [0, 0.1) is 22.6 Å². The van der Waals surface area contributed by atoms with Crippen molar-refractivity contribution in [2.75, 3.05) is 13.1 Å². The summed E-state index contributed by atoms with van der Waals surface area (Å²) in [6.07, 6.45) is 9.25. The van der Waals surface area contributed by atoms with Gasteiger partial charge in [-0.2, -0.15) is 5.26 Å². The summed E-state index contributed by atoms with van der Waals surface area (Å²) in [5, 5.41) is 12.8. The Bertz CT molecular complexity index is 851. The molecule has 30 heavy (non-hydrogen) atoms. The van der Waals surface area contributed by atoms with Crippen LogP contribution in [0.3, 0.4) is 0 Å². The Kier molecular flexibility index (Phi) is 9.82. The molecular formula is C26H34ClFN2. The number of nitrogens with one attached hydrogen (secondary N) is 1. The van der Waals surface area contributed by atoms with E-state index in [4.69, 9.17) is 16.9 Å². The standard InChI is InChI=1S/C15H11ClFN.C11H23N/c1-2-10-4-3-5-13(15(10)16)11-6-7-12(9-18)14(17)8-11;1-3-4-5-7-11(2)8-6-9-12-10-11/h3-8H,2H2,1H3;12H,3-10H2,1-2H3. The molecule has 1 aliphatic rings. The predicted molar refractivity (Wildman–Crippen MR) is 125 cm³/mol. The zero-order valence-electron chi connectivity index (χ0n) is 18.5. The van der Waals surface area contributed by atoms with Gasteiger partial charge in [0.05, 0.1) is 10.6 Å². The monoisotopic (exact) mass is 428 g/mol. The maximum absolute atomic E-state index is 13.6. The quantitative estimate of drug-likeness (QED) is 0.482. The van der Waals surface area contributed by atoms with Gasteiger partial charge in [0.2, 0.25) is 0 Å². The Balaban J connectivity index is 0.000000232. The van der Waals surface area contributed by atoms with Gasteiger partial charge < -0.3 is 5.32 Å². The molecule has 1 heterocycles. The number of unbranched alkanes of at least 4 members (excludes halogenated alkanes) is 2. The molecule has 162 valence electrons. The van der Waals surface area contributed by atoms with Crippen LogP contribution < -0.4 is 5.32 Å². The highest BCUT2D eigenvalue weighted by atomic mass is 35.5. The number of halogens is 2. The molecule has 0 saturated carbocycles. The van der Waals surface area contributed by atoms with E-state index in [9.17, 15) is 4.39 Å². The number of nitriles is 1. The van der Waals surface area contributed by atoms with Crippen LogP contribution >= 0.6 is 11.6 Å². The number of aryl methyl sites for hydroxylation is 1. The molecule has 0 amide bonds. The molecule has 1 atom stereocenters. The van der Waals surface area contributed by atoms with Crippen LogP contribution in [0.25, 0.3) is 11.1 Å². The summed E-state index contributed by atoms with van der Waals surface area (Å²) >= 11 is 6.28. The van der Waals surface area contributed by atoms with Crippen molar-refractivity contribution in [3.63, 3.8) is 0 Å². The second-order valence-electron chi connectivity index (χ2n) is 8.49. The van der Waals surface area contributed by atoms with Crippen molar-refractivity contribution in [1.29, 1.82) is 5.26 Å². The number of nitrogens with zero attached hydrogens (tertiary/aromatic N) is 1. The molecule has 1 unspecified atom stereocenters. The van der Waals surface area contributed by atoms with Crippen molar-refractivity contribution in [2.45, 2.75) is 65.7 Å². The smallest absolute Gasteiger partial charge is 0.141 e. The third-order valence-electron chi connectivity index (χ3n) is 5.93. The second kappa shape index (κ2) is 12.1. The van der Waals surface area contributed by atoms with Crippen molar-refractivity contribution >= 4 is 11.6 Å². The highest BCUT2D eigenvalue weighted by molar-refractivity contribution is 6.34. The van der Waals surface area contributed by atoms with Gasteiger partial charge in [0, 0.05) is 12.1 Å². The number of benzene rings is 2. The molecular weight excluding hydrogens is 395 g/mol. The van der Waals surface area contributed by atoms with E-state index in [-0.39, 0.29) is 5.56 Å². The van der Waals surface area contributed by atoms with E-state index in [0.29, 0.717) is 16.0 Å². The minimum absolute atomic E-state index is 0.0431. The van der Waals surface area contributed by atoms with Crippen molar-refractivity contribution in [3.8, 4) is 17.2 Å². The van der Waals surface area contributed by atoms with Gasteiger partial charge in [-0.15, -0.1) is 0 Å². The Labute approximate surface area is 186 Å². The Morgan fingerprint density at radius 1 is 1.20 bits per heavy atom. The zero-order chi connectivity index (χ0) is 22.0. The van der Waals surface area contributed by atoms with E-state index < -0.39 is 5.82 Å². The molecule has 0 spiro atoms. The summed E-state index contributed by atoms with van der Waals surface area (Å²) < 4.78 is 13.6. The van der Waals surface area contributed by atoms with E-state index in [1.54, 1.807) is 12.1 Å². The largest absolute Gasteiger partial charge is 0.316 e. The molecule has 0 aromatic heterocycles. The first-order valence-corrected chi connectivity index (χ1v) is 11.5. The summed E-state index contributed by atoms with van der Waals surface area (Å²) in [7, 11) is 0. The Hall–Kier alpha value is -1.89. The number of rotatable bonds is 6. The fourth-order valence-corrected chi connectivity index (χ4v) is 4.35. The molecule has 3 rings (SSSR count). The molecule has 1 saturated heterocycles. The van der Waals surface area contributed by atoms with Crippen LogP contribution in [0.2, 0.25) is 5.02 Å². The van der Waals surface area contributed by atoms with E-state index in [0.717, 1.165) is 17.5 Å². The average molecular weight is 429 g/mol. The van der Waals surface area contributed by atoms with Crippen LogP contribution in [0.5, 0.6) is 0 Å². The molecule has 4 heteroatoms. The van der Waals surface area contributed by atoms with Gasteiger partial charge in [-0.05, 0) is 60.9 Å². The lowest BCUT2D eigenvalue weighted by atomic mass is 9.78. The molecule has 1 N–H and O–H groups in total. The van der Waals surface area contributed by atoms with Crippen LogP contribution in [-0.2, 0) is 6.42 Å². The summed E-state index contributed by atoms with van der Waals surface area (Å²) in [5.41, 5.74) is 3.17. The summed E-state index contributed by atoms with van der Waals surface area (Å²) in [5.74, 6) is -0.520. The van der Waals surface area contributed by atoms with E-state index in [2.05, 4.69) is 19.2 Å². The second-order valence-corrected chi connectivity index (χ2v) is 8.86. The first-order chi connectivity index (χ1) is 14.4. The minimum Gasteiger partial charge on any atom is -0.316 e. The highest BCUT2D eigenvalue weighted by Gasteiger charge is 2.25. The molecule has 0 bridgehead atoms. The fourth-order valence-electron chi connectivity index (χ4n) is 3.98. The molecule has 0 aliphatic carbocycles. The lowest BCUT2D eigenvalue weighted by Crippen LogP contribution is -2.37. The maximum atomic E-state index is 13.6. The normalized spacial score (nSPS) is 18.3. The third kappa shape index (κ3) is 6.83. The Morgan fingerprint density at radius 2 is 2.00 bits per heavy atom. The van der Waals surface area contributed by atoms with Gasteiger partial charge >= 0.3 is 0 Å². The first-order valence-electron chi connectivity index (χ1n) is 11.1.